The van der Waals surface area contributed by atoms with Crippen molar-refractivity contribution in [2.24, 2.45) is 11.8 Å². The fourth-order valence-corrected chi connectivity index (χ4v) is 3.05. The zero-order valence-corrected chi connectivity index (χ0v) is 10.9. The van der Waals surface area contributed by atoms with Crippen LogP contribution in [0.1, 0.15) is 25.7 Å². The number of carboxylic acid groups (broad SMARTS) is 1. The number of urea groups is 1. The van der Waals surface area contributed by atoms with Crippen LogP contribution in [0.25, 0.3) is 0 Å². The Morgan fingerprint density at radius 2 is 2.00 bits per heavy atom. The van der Waals surface area contributed by atoms with Crippen LogP contribution >= 0.6 is 0 Å². The van der Waals surface area contributed by atoms with E-state index >= 15 is 0 Å². The van der Waals surface area contributed by atoms with E-state index < -0.39 is 11.9 Å². The highest BCUT2D eigenvalue weighted by Gasteiger charge is 2.42. The first-order chi connectivity index (χ1) is 9.15. The van der Waals surface area contributed by atoms with Crippen LogP contribution in [0.15, 0.2) is 0 Å². The lowest BCUT2D eigenvalue weighted by Gasteiger charge is -2.23. The molecule has 19 heavy (non-hydrogen) atoms. The van der Waals surface area contributed by atoms with Gasteiger partial charge in [-0.25, -0.2) is 4.79 Å². The Labute approximate surface area is 112 Å². The topological polar surface area (TPSA) is 78.9 Å². The molecular weight excluding hydrogens is 248 g/mol. The third-order valence-electron chi connectivity index (χ3n) is 4.36. The molecule has 0 spiro atoms. The summed E-state index contributed by atoms with van der Waals surface area (Å²) in [6.07, 6.45) is 3.98. The molecule has 1 aliphatic carbocycles. The van der Waals surface area contributed by atoms with Gasteiger partial charge in [0.25, 0.3) is 0 Å². The van der Waals surface area contributed by atoms with Gasteiger partial charge in [0.2, 0.25) is 0 Å². The first kappa shape index (κ1) is 12.7. The van der Waals surface area contributed by atoms with Gasteiger partial charge < -0.3 is 20.1 Å². The second kappa shape index (κ2) is 5.00. The van der Waals surface area contributed by atoms with Gasteiger partial charge in [-0.15, -0.1) is 0 Å². The quantitative estimate of drug-likeness (QED) is 0.788. The van der Waals surface area contributed by atoms with Crippen LogP contribution in [0.5, 0.6) is 0 Å². The fraction of sp³-hybridized carbons (Fsp3) is 0.846. The minimum atomic E-state index is -0.810. The van der Waals surface area contributed by atoms with Crippen molar-refractivity contribution < 1.29 is 19.4 Å². The molecule has 2 amide bonds. The van der Waals surface area contributed by atoms with Crippen molar-refractivity contribution >= 4 is 12.0 Å². The van der Waals surface area contributed by atoms with Crippen LogP contribution < -0.4 is 5.32 Å². The average molecular weight is 268 g/mol. The zero-order valence-electron chi connectivity index (χ0n) is 10.9. The molecule has 0 aromatic heterocycles. The van der Waals surface area contributed by atoms with Gasteiger partial charge in [-0.3, -0.25) is 4.79 Å². The van der Waals surface area contributed by atoms with Crippen molar-refractivity contribution in [1.29, 1.82) is 0 Å². The normalized spacial score (nSPS) is 34.5. The number of aliphatic carboxylic acids is 1. The molecule has 3 aliphatic rings. The number of hydrogen-bond acceptors (Lipinski definition) is 3. The van der Waals surface area contributed by atoms with Gasteiger partial charge in [0.15, 0.2) is 0 Å². The van der Waals surface area contributed by atoms with Crippen molar-refractivity contribution in [3.05, 3.63) is 0 Å². The molecule has 3 unspecified atom stereocenters. The Hall–Kier alpha value is -1.30. The molecule has 0 bridgehead atoms. The molecule has 0 aromatic carbocycles. The summed E-state index contributed by atoms with van der Waals surface area (Å²) >= 11 is 0. The Bertz CT molecular complexity index is 383. The zero-order chi connectivity index (χ0) is 13.4. The molecule has 106 valence electrons. The van der Waals surface area contributed by atoms with Gasteiger partial charge in [0.1, 0.15) is 0 Å². The van der Waals surface area contributed by atoms with E-state index in [4.69, 9.17) is 9.84 Å². The number of nitrogens with one attached hydrogen (secondary N) is 1. The summed E-state index contributed by atoms with van der Waals surface area (Å²) in [5.41, 5.74) is 0. The van der Waals surface area contributed by atoms with E-state index in [-0.39, 0.29) is 18.2 Å². The highest BCUT2D eigenvalue weighted by atomic mass is 16.5. The van der Waals surface area contributed by atoms with E-state index in [1.54, 1.807) is 4.90 Å². The monoisotopic (exact) mass is 268 g/mol. The number of rotatable bonds is 3. The van der Waals surface area contributed by atoms with Crippen LogP contribution in [-0.2, 0) is 9.53 Å². The van der Waals surface area contributed by atoms with Gasteiger partial charge in [-0.05, 0) is 31.6 Å². The smallest absolute Gasteiger partial charge is 0.317 e. The number of carbonyl (C=O) groups is 2. The summed E-state index contributed by atoms with van der Waals surface area (Å²) < 4.78 is 5.69. The number of carboxylic acids is 1. The average Bonchev–Trinajstić information content (AvgIpc) is 2.93. The van der Waals surface area contributed by atoms with Crippen LogP contribution in [0, 0.1) is 11.8 Å². The summed E-state index contributed by atoms with van der Waals surface area (Å²) in [6, 6.07) is -0.0335. The van der Waals surface area contributed by atoms with Crippen molar-refractivity contribution in [1.82, 2.24) is 10.2 Å². The van der Waals surface area contributed by atoms with E-state index in [9.17, 15) is 9.59 Å². The van der Waals surface area contributed by atoms with E-state index in [2.05, 4.69) is 5.32 Å². The Morgan fingerprint density at radius 1 is 1.21 bits per heavy atom. The lowest BCUT2D eigenvalue weighted by atomic mass is 10.1. The predicted molar refractivity (Wildman–Crippen MR) is 66.7 cm³/mol. The molecule has 3 fully saturated rings. The summed E-state index contributed by atoms with van der Waals surface area (Å²) in [5.74, 6) is -0.613. The summed E-state index contributed by atoms with van der Waals surface area (Å²) in [6.45, 7) is 1.57. The highest BCUT2D eigenvalue weighted by Crippen LogP contribution is 2.38. The van der Waals surface area contributed by atoms with Gasteiger partial charge >= 0.3 is 12.0 Å². The summed E-state index contributed by atoms with van der Waals surface area (Å²) in [5, 5.41) is 12.0. The van der Waals surface area contributed by atoms with Crippen LogP contribution in [0.2, 0.25) is 0 Å². The minimum Gasteiger partial charge on any atom is -0.481 e. The molecule has 2 aliphatic heterocycles. The third kappa shape index (κ3) is 2.68. The maximum atomic E-state index is 12.1. The molecular formula is C13H20N2O4. The van der Waals surface area contributed by atoms with E-state index in [1.165, 1.54) is 12.8 Å². The van der Waals surface area contributed by atoms with Gasteiger partial charge in [-0.2, -0.15) is 0 Å². The maximum Gasteiger partial charge on any atom is 0.317 e. The lowest BCUT2D eigenvalue weighted by molar-refractivity contribution is -0.141. The standard InChI is InChI=1S/C13H20N2O4/c16-12(17)9-3-5-15(7-9)13(18)14-10-4-6-19-11(10)8-1-2-8/h8-11H,1-7H2,(H,14,18)(H,16,17). The van der Waals surface area contributed by atoms with Crippen molar-refractivity contribution in [3.63, 3.8) is 0 Å². The summed E-state index contributed by atoms with van der Waals surface area (Å²) in [7, 11) is 0. The minimum absolute atomic E-state index is 0.101. The van der Waals surface area contributed by atoms with Gasteiger partial charge in [-0.1, -0.05) is 0 Å². The molecule has 2 saturated heterocycles. The second-order valence-electron chi connectivity index (χ2n) is 5.79. The first-order valence-electron chi connectivity index (χ1n) is 7.05. The number of ether oxygens (including phenoxy) is 1. The van der Waals surface area contributed by atoms with Crippen molar-refractivity contribution in [2.45, 2.75) is 37.8 Å². The molecule has 2 heterocycles. The number of hydrogen-bond donors (Lipinski definition) is 2. The second-order valence-corrected chi connectivity index (χ2v) is 5.79. The molecule has 6 heteroatoms. The largest absolute Gasteiger partial charge is 0.481 e. The SMILES string of the molecule is O=C(O)C1CCN(C(=O)NC2CCOC2C2CC2)C1. The Kier molecular flexibility index (Phi) is 3.35. The number of amides is 2. The third-order valence-corrected chi connectivity index (χ3v) is 4.36. The Morgan fingerprint density at radius 3 is 2.63 bits per heavy atom. The van der Waals surface area contributed by atoms with Crippen molar-refractivity contribution in [3.8, 4) is 0 Å². The van der Waals surface area contributed by atoms with E-state index in [0.717, 1.165) is 6.42 Å². The Balaban J connectivity index is 1.52. The van der Waals surface area contributed by atoms with E-state index in [0.29, 0.717) is 32.0 Å². The number of carbonyl (C=O) groups excluding carboxylic acids is 1. The molecule has 0 aromatic rings. The van der Waals surface area contributed by atoms with Crippen LogP contribution in [0.3, 0.4) is 0 Å². The predicted octanol–water partition coefficient (Wildman–Crippen LogP) is 0.670. The fourth-order valence-electron chi connectivity index (χ4n) is 3.05. The number of likely N-dealkylation sites (tertiary alicyclic amines) is 1. The molecule has 6 nitrogen and oxygen atoms in total. The van der Waals surface area contributed by atoms with Crippen LogP contribution in [0.4, 0.5) is 4.79 Å². The molecule has 2 N–H and O–H groups in total. The van der Waals surface area contributed by atoms with Gasteiger partial charge in [0.05, 0.1) is 18.1 Å². The highest BCUT2D eigenvalue weighted by molar-refractivity contribution is 5.77. The summed E-state index contributed by atoms with van der Waals surface area (Å²) in [4.78, 5) is 24.6. The lowest BCUT2D eigenvalue weighted by Crippen LogP contribution is -2.47. The molecule has 3 atom stereocenters. The van der Waals surface area contributed by atoms with Crippen molar-refractivity contribution in [2.75, 3.05) is 19.7 Å². The molecule has 0 radical (unpaired) electrons. The van der Waals surface area contributed by atoms with Gasteiger partial charge in [0, 0.05) is 19.7 Å². The maximum absolute atomic E-state index is 12.1. The molecule has 3 rings (SSSR count). The van der Waals surface area contributed by atoms with E-state index in [1.807, 2.05) is 0 Å². The first-order valence-corrected chi connectivity index (χ1v) is 7.05. The van der Waals surface area contributed by atoms with Crippen LogP contribution in [-0.4, -0.2) is 53.8 Å². The number of nitrogens with zero attached hydrogens (tertiary/aromatic N) is 1. The molecule has 1 saturated carbocycles.